The summed E-state index contributed by atoms with van der Waals surface area (Å²) in [5.74, 6) is -0.955. The molecule has 1 N–H and O–H groups in total. The standard InChI is InChI=1S/C14H18F3NO3/c1-11-2-4-12(5-3-11)18(7-6-13(19)20)8-9-21-10-14(15,16)17/h2-5H,6-10H2,1H3,(H,19,20). The normalized spacial score (nSPS) is 11.4. The maximum absolute atomic E-state index is 12.0. The summed E-state index contributed by atoms with van der Waals surface area (Å²) in [6, 6.07) is 7.33. The number of hydrogen-bond donors (Lipinski definition) is 1. The van der Waals surface area contributed by atoms with Crippen molar-refractivity contribution in [1.82, 2.24) is 0 Å². The molecule has 4 nitrogen and oxygen atoms in total. The molecule has 0 saturated carbocycles. The summed E-state index contributed by atoms with van der Waals surface area (Å²) in [5.41, 5.74) is 1.81. The second-order valence-electron chi connectivity index (χ2n) is 4.63. The monoisotopic (exact) mass is 305 g/mol. The number of aryl methyl sites for hydroxylation is 1. The number of carboxylic acids is 1. The zero-order valence-electron chi connectivity index (χ0n) is 11.7. The lowest BCUT2D eigenvalue weighted by molar-refractivity contribution is -0.173. The molecule has 0 unspecified atom stereocenters. The number of hydrogen-bond acceptors (Lipinski definition) is 3. The molecule has 1 aromatic rings. The smallest absolute Gasteiger partial charge is 0.411 e. The molecular formula is C14H18F3NO3. The SMILES string of the molecule is Cc1ccc(N(CCOCC(F)(F)F)CCC(=O)O)cc1. The molecule has 118 valence electrons. The van der Waals surface area contributed by atoms with Gasteiger partial charge in [-0.1, -0.05) is 17.7 Å². The van der Waals surface area contributed by atoms with Crippen LogP contribution in [0.2, 0.25) is 0 Å². The Labute approximate surface area is 121 Å². The van der Waals surface area contributed by atoms with Gasteiger partial charge in [-0.3, -0.25) is 4.79 Å². The van der Waals surface area contributed by atoms with E-state index in [1.165, 1.54) is 0 Å². The van der Waals surface area contributed by atoms with E-state index in [4.69, 9.17) is 5.11 Å². The maximum Gasteiger partial charge on any atom is 0.411 e. The second-order valence-corrected chi connectivity index (χ2v) is 4.63. The van der Waals surface area contributed by atoms with Gasteiger partial charge in [0, 0.05) is 18.8 Å². The number of aliphatic carboxylic acids is 1. The second kappa shape index (κ2) is 7.87. The van der Waals surface area contributed by atoms with Crippen molar-refractivity contribution >= 4 is 11.7 Å². The molecule has 0 radical (unpaired) electrons. The zero-order valence-corrected chi connectivity index (χ0v) is 11.7. The minimum absolute atomic E-state index is 0.0901. The molecular weight excluding hydrogens is 287 g/mol. The first-order valence-electron chi connectivity index (χ1n) is 6.46. The fourth-order valence-electron chi connectivity index (χ4n) is 1.72. The summed E-state index contributed by atoms with van der Waals surface area (Å²) in [7, 11) is 0. The summed E-state index contributed by atoms with van der Waals surface area (Å²) < 4.78 is 40.5. The first kappa shape index (κ1) is 17.3. The van der Waals surface area contributed by atoms with Gasteiger partial charge in [0.25, 0.3) is 0 Å². The summed E-state index contributed by atoms with van der Waals surface area (Å²) in [4.78, 5) is 12.3. The molecule has 0 amide bonds. The van der Waals surface area contributed by atoms with Crippen molar-refractivity contribution in [1.29, 1.82) is 0 Å². The van der Waals surface area contributed by atoms with E-state index >= 15 is 0 Å². The lowest BCUT2D eigenvalue weighted by Gasteiger charge is -2.24. The number of ether oxygens (including phenoxy) is 1. The molecule has 0 aromatic heterocycles. The Kier molecular flexibility index (Phi) is 6.48. The van der Waals surface area contributed by atoms with Crippen LogP contribution in [-0.4, -0.2) is 43.6 Å². The highest BCUT2D eigenvalue weighted by Gasteiger charge is 2.27. The van der Waals surface area contributed by atoms with Gasteiger partial charge in [-0.25, -0.2) is 0 Å². The average molecular weight is 305 g/mol. The van der Waals surface area contributed by atoms with E-state index < -0.39 is 18.8 Å². The van der Waals surface area contributed by atoms with Crippen LogP contribution in [0.25, 0.3) is 0 Å². The molecule has 21 heavy (non-hydrogen) atoms. The van der Waals surface area contributed by atoms with Crippen LogP contribution in [0.3, 0.4) is 0 Å². The molecule has 0 atom stereocenters. The van der Waals surface area contributed by atoms with Gasteiger partial charge in [0.05, 0.1) is 13.0 Å². The molecule has 7 heteroatoms. The zero-order chi connectivity index (χ0) is 15.9. The van der Waals surface area contributed by atoms with Crippen LogP contribution in [0.1, 0.15) is 12.0 Å². The average Bonchev–Trinajstić information content (AvgIpc) is 2.38. The van der Waals surface area contributed by atoms with Gasteiger partial charge in [0.15, 0.2) is 0 Å². The Bertz CT molecular complexity index is 446. The van der Waals surface area contributed by atoms with E-state index in [1.54, 1.807) is 17.0 Å². The highest BCUT2D eigenvalue weighted by atomic mass is 19.4. The number of benzene rings is 1. The van der Waals surface area contributed by atoms with Gasteiger partial charge in [0.2, 0.25) is 0 Å². The van der Waals surface area contributed by atoms with Crippen molar-refractivity contribution in [3.8, 4) is 0 Å². The van der Waals surface area contributed by atoms with Gasteiger partial charge < -0.3 is 14.7 Å². The van der Waals surface area contributed by atoms with Gasteiger partial charge in [-0.2, -0.15) is 13.2 Å². The van der Waals surface area contributed by atoms with Crippen molar-refractivity contribution in [2.24, 2.45) is 0 Å². The van der Waals surface area contributed by atoms with Crippen LogP contribution >= 0.6 is 0 Å². The Morgan fingerprint density at radius 2 is 1.86 bits per heavy atom. The van der Waals surface area contributed by atoms with E-state index in [2.05, 4.69) is 4.74 Å². The van der Waals surface area contributed by atoms with Crippen LogP contribution in [0.15, 0.2) is 24.3 Å². The minimum atomic E-state index is -4.35. The largest absolute Gasteiger partial charge is 0.481 e. The molecule has 0 fully saturated rings. The lowest BCUT2D eigenvalue weighted by atomic mass is 10.2. The first-order valence-corrected chi connectivity index (χ1v) is 6.46. The van der Waals surface area contributed by atoms with Gasteiger partial charge in [0.1, 0.15) is 6.61 Å². The van der Waals surface area contributed by atoms with Gasteiger partial charge >= 0.3 is 12.1 Å². The van der Waals surface area contributed by atoms with E-state index in [9.17, 15) is 18.0 Å². The third-order valence-corrected chi connectivity index (χ3v) is 2.77. The predicted octanol–water partition coefficient (Wildman–Crippen LogP) is 2.86. The predicted molar refractivity (Wildman–Crippen MR) is 72.5 cm³/mol. The van der Waals surface area contributed by atoms with Crippen molar-refractivity contribution in [2.45, 2.75) is 19.5 Å². The number of anilines is 1. The number of nitrogens with zero attached hydrogens (tertiary/aromatic N) is 1. The number of carbonyl (C=O) groups is 1. The molecule has 0 aliphatic carbocycles. The van der Waals surface area contributed by atoms with E-state index in [0.29, 0.717) is 0 Å². The van der Waals surface area contributed by atoms with Crippen LogP contribution in [0.4, 0.5) is 18.9 Å². The lowest BCUT2D eigenvalue weighted by Crippen LogP contribution is -2.31. The Morgan fingerprint density at radius 1 is 1.24 bits per heavy atom. The number of alkyl halides is 3. The van der Waals surface area contributed by atoms with Crippen LogP contribution in [-0.2, 0) is 9.53 Å². The molecule has 1 aromatic carbocycles. The summed E-state index contributed by atoms with van der Waals surface area (Å²) in [6.07, 6.45) is -4.44. The van der Waals surface area contributed by atoms with Gasteiger partial charge in [-0.05, 0) is 19.1 Å². The van der Waals surface area contributed by atoms with Crippen molar-refractivity contribution in [3.63, 3.8) is 0 Å². The van der Waals surface area contributed by atoms with Crippen LogP contribution in [0.5, 0.6) is 0 Å². The number of halogens is 3. The molecule has 0 heterocycles. The quantitative estimate of drug-likeness (QED) is 0.750. The van der Waals surface area contributed by atoms with Crippen LogP contribution in [0, 0.1) is 6.92 Å². The van der Waals surface area contributed by atoms with E-state index in [-0.39, 0.29) is 26.1 Å². The van der Waals surface area contributed by atoms with Gasteiger partial charge in [-0.15, -0.1) is 0 Å². The van der Waals surface area contributed by atoms with Crippen molar-refractivity contribution in [2.75, 3.05) is 31.2 Å². The van der Waals surface area contributed by atoms with Crippen LogP contribution < -0.4 is 4.90 Å². The fourth-order valence-corrected chi connectivity index (χ4v) is 1.72. The molecule has 0 bridgehead atoms. The minimum Gasteiger partial charge on any atom is -0.481 e. The van der Waals surface area contributed by atoms with Crippen molar-refractivity contribution in [3.05, 3.63) is 29.8 Å². The molecule has 0 aliphatic heterocycles. The first-order chi connectivity index (χ1) is 9.78. The third-order valence-electron chi connectivity index (χ3n) is 2.77. The molecule has 0 spiro atoms. The number of rotatable bonds is 8. The molecule has 0 aliphatic rings. The summed E-state index contributed by atoms with van der Waals surface area (Å²) in [6.45, 7) is 0.915. The molecule has 0 saturated heterocycles. The molecule has 1 rings (SSSR count). The Hall–Kier alpha value is -1.76. The van der Waals surface area contributed by atoms with E-state index in [1.807, 2.05) is 19.1 Å². The Balaban J connectivity index is 2.56. The summed E-state index contributed by atoms with van der Waals surface area (Å²) >= 11 is 0. The van der Waals surface area contributed by atoms with Crippen molar-refractivity contribution < 1.29 is 27.8 Å². The highest BCUT2D eigenvalue weighted by Crippen LogP contribution is 2.17. The third kappa shape index (κ3) is 7.55. The highest BCUT2D eigenvalue weighted by molar-refractivity contribution is 5.67. The Morgan fingerprint density at radius 3 is 2.38 bits per heavy atom. The summed E-state index contributed by atoms with van der Waals surface area (Å²) in [5, 5.41) is 8.72. The maximum atomic E-state index is 12.0. The fraction of sp³-hybridized carbons (Fsp3) is 0.500. The number of carboxylic acid groups (broad SMARTS) is 1. The van der Waals surface area contributed by atoms with E-state index in [0.717, 1.165) is 11.3 Å². The topological polar surface area (TPSA) is 49.8 Å².